The average molecular weight is 386 g/mol. The second-order valence-electron chi connectivity index (χ2n) is 5.97. The van der Waals surface area contributed by atoms with Gasteiger partial charge in [-0.25, -0.2) is 12.8 Å². The number of benzene rings is 1. The van der Waals surface area contributed by atoms with Crippen LogP contribution in [0.25, 0.3) is 0 Å². The number of nitrogens with one attached hydrogen (secondary N) is 1. The molecule has 0 bridgehead atoms. The van der Waals surface area contributed by atoms with E-state index in [1.54, 1.807) is 11.0 Å². The van der Waals surface area contributed by atoms with Crippen LogP contribution in [-0.2, 0) is 23.2 Å². The molecule has 7 nitrogen and oxygen atoms in total. The smallest absolute Gasteiger partial charge is 0.243 e. The molecule has 2 heterocycles. The third-order valence-corrected chi connectivity index (χ3v) is 6.75. The number of aryl methyl sites for hydroxylation is 1. The Labute approximate surface area is 151 Å². The van der Waals surface area contributed by atoms with Gasteiger partial charge in [-0.2, -0.15) is 14.1 Å². The van der Waals surface area contributed by atoms with Gasteiger partial charge in [-0.1, -0.05) is 0 Å². The highest BCUT2D eigenvalue weighted by molar-refractivity contribution is 7.89. The van der Waals surface area contributed by atoms with Gasteiger partial charge < -0.3 is 9.47 Å². The minimum Gasteiger partial charge on any atom is -0.314 e. The van der Waals surface area contributed by atoms with Crippen LogP contribution in [0.5, 0.6) is 0 Å². The highest BCUT2D eigenvalue weighted by atomic mass is 32.2. The molecule has 3 rings (SSSR count). The van der Waals surface area contributed by atoms with Crippen LogP contribution >= 0.6 is 12.2 Å². The fourth-order valence-electron chi connectivity index (χ4n) is 2.87. The van der Waals surface area contributed by atoms with E-state index in [9.17, 15) is 12.8 Å². The number of halogens is 1. The average Bonchev–Trinajstić information content (AvgIpc) is 2.96. The van der Waals surface area contributed by atoms with Crippen molar-refractivity contribution in [2.45, 2.75) is 25.0 Å². The summed E-state index contributed by atoms with van der Waals surface area (Å²) in [5.74, 6) is -0.448. The molecule has 1 aliphatic heterocycles. The van der Waals surface area contributed by atoms with Crippen molar-refractivity contribution in [3.63, 3.8) is 0 Å². The Hall–Kier alpha value is -1.62. The van der Waals surface area contributed by atoms with Crippen molar-refractivity contribution in [3.8, 4) is 0 Å². The van der Waals surface area contributed by atoms with Crippen LogP contribution < -0.4 is 4.90 Å². The van der Waals surface area contributed by atoms with Crippen molar-refractivity contribution in [3.05, 3.63) is 41.2 Å². The van der Waals surface area contributed by atoms with Crippen LogP contribution in [0.2, 0.25) is 0 Å². The third kappa shape index (κ3) is 3.81. The number of nitrogens with zero attached hydrogens (tertiary/aromatic N) is 4. The second-order valence-corrected chi connectivity index (χ2v) is 8.27. The Morgan fingerprint density at radius 3 is 2.44 bits per heavy atom. The first kappa shape index (κ1) is 18.2. The number of piperazine rings is 1. The Kier molecular flexibility index (Phi) is 5.32. The molecule has 0 amide bonds. The van der Waals surface area contributed by atoms with Gasteiger partial charge in [-0.3, -0.25) is 0 Å². The van der Waals surface area contributed by atoms with Gasteiger partial charge in [0.15, 0.2) is 6.67 Å². The van der Waals surface area contributed by atoms with E-state index in [2.05, 4.69) is 5.10 Å². The Morgan fingerprint density at radius 1 is 1.24 bits per heavy atom. The van der Waals surface area contributed by atoms with E-state index in [1.807, 2.05) is 11.5 Å². The molecule has 1 aromatic heterocycles. The summed E-state index contributed by atoms with van der Waals surface area (Å²) in [6.07, 6.45) is 1.72. The molecule has 1 N–H and O–H groups in total. The summed E-state index contributed by atoms with van der Waals surface area (Å²) in [6, 6.07) is 4.95. The first-order valence-electron chi connectivity index (χ1n) is 8.13. The minimum absolute atomic E-state index is 0.126. The van der Waals surface area contributed by atoms with E-state index in [0.29, 0.717) is 37.6 Å². The summed E-state index contributed by atoms with van der Waals surface area (Å²) in [7, 11) is -3.58. The van der Waals surface area contributed by atoms with Crippen LogP contribution in [0.3, 0.4) is 0 Å². The molecule has 0 atom stereocenters. The van der Waals surface area contributed by atoms with E-state index in [0.717, 1.165) is 6.54 Å². The molecule has 0 aliphatic carbocycles. The van der Waals surface area contributed by atoms with E-state index >= 15 is 0 Å². The largest absolute Gasteiger partial charge is 0.314 e. The molecule has 10 heteroatoms. The quantitative estimate of drug-likeness (QED) is 0.742. The second kappa shape index (κ2) is 7.32. The molecule has 1 aromatic carbocycles. The SMILES string of the molecule is CCn1cnn(C[NH+]2CCN(S(=O)(=O)c3ccc(F)cc3)CC2)c1=S. The maximum atomic E-state index is 13.0. The maximum absolute atomic E-state index is 13.0. The number of rotatable bonds is 5. The summed E-state index contributed by atoms with van der Waals surface area (Å²) in [4.78, 5) is 1.35. The number of quaternary nitrogens is 1. The molecule has 136 valence electrons. The lowest BCUT2D eigenvalue weighted by atomic mass is 10.4. The van der Waals surface area contributed by atoms with Gasteiger partial charge >= 0.3 is 0 Å². The lowest BCUT2D eigenvalue weighted by Gasteiger charge is -2.31. The van der Waals surface area contributed by atoms with Crippen LogP contribution in [0.1, 0.15) is 6.92 Å². The van der Waals surface area contributed by atoms with Crippen LogP contribution in [0.15, 0.2) is 35.5 Å². The fourth-order valence-corrected chi connectivity index (χ4v) is 4.59. The Balaban J connectivity index is 1.64. The van der Waals surface area contributed by atoms with Gasteiger partial charge in [-0.15, -0.1) is 0 Å². The van der Waals surface area contributed by atoms with Crippen LogP contribution in [-0.4, -0.2) is 53.2 Å². The van der Waals surface area contributed by atoms with Crippen molar-refractivity contribution in [1.29, 1.82) is 0 Å². The summed E-state index contributed by atoms with van der Waals surface area (Å²) in [6.45, 7) is 5.57. The monoisotopic (exact) mass is 386 g/mol. The zero-order chi connectivity index (χ0) is 18.0. The summed E-state index contributed by atoms with van der Waals surface area (Å²) >= 11 is 5.36. The zero-order valence-corrected chi connectivity index (χ0v) is 15.6. The molecule has 0 radical (unpaired) electrons. The van der Waals surface area contributed by atoms with Crippen molar-refractivity contribution in [1.82, 2.24) is 18.7 Å². The number of hydrogen-bond donors (Lipinski definition) is 1. The van der Waals surface area contributed by atoms with E-state index < -0.39 is 15.8 Å². The van der Waals surface area contributed by atoms with Gasteiger partial charge in [0.2, 0.25) is 14.8 Å². The van der Waals surface area contributed by atoms with Crippen molar-refractivity contribution >= 4 is 22.2 Å². The number of hydrogen-bond acceptors (Lipinski definition) is 4. The summed E-state index contributed by atoms with van der Waals surface area (Å²) in [5, 5.41) is 4.29. The van der Waals surface area contributed by atoms with Gasteiger partial charge in [0.05, 0.1) is 31.1 Å². The molecule has 0 saturated carbocycles. The minimum atomic E-state index is -3.58. The van der Waals surface area contributed by atoms with Crippen LogP contribution in [0, 0.1) is 10.6 Å². The lowest BCUT2D eigenvalue weighted by Crippen LogP contribution is -3.14. The lowest BCUT2D eigenvalue weighted by molar-refractivity contribution is -0.926. The molecule has 0 unspecified atom stereocenters. The first-order valence-corrected chi connectivity index (χ1v) is 9.98. The van der Waals surface area contributed by atoms with Gasteiger partial charge in [0, 0.05) is 6.54 Å². The first-order chi connectivity index (χ1) is 11.9. The van der Waals surface area contributed by atoms with E-state index in [-0.39, 0.29) is 4.90 Å². The topological polar surface area (TPSA) is 64.6 Å². The van der Waals surface area contributed by atoms with E-state index in [1.165, 1.54) is 33.5 Å². The highest BCUT2D eigenvalue weighted by Gasteiger charge is 2.30. The Morgan fingerprint density at radius 2 is 1.88 bits per heavy atom. The van der Waals surface area contributed by atoms with Crippen LogP contribution in [0.4, 0.5) is 4.39 Å². The van der Waals surface area contributed by atoms with Gasteiger partial charge in [0.1, 0.15) is 12.1 Å². The summed E-state index contributed by atoms with van der Waals surface area (Å²) in [5.41, 5.74) is 0. The van der Waals surface area contributed by atoms with Crippen molar-refractivity contribution < 1.29 is 17.7 Å². The van der Waals surface area contributed by atoms with Crippen molar-refractivity contribution in [2.24, 2.45) is 0 Å². The predicted molar refractivity (Wildman–Crippen MR) is 92.6 cm³/mol. The van der Waals surface area contributed by atoms with Gasteiger partial charge in [0.25, 0.3) is 0 Å². The zero-order valence-electron chi connectivity index (χ0n) is 13.9. The van der Waals surface area contributed by atoms with E-state index in [4.69, 9.17) is 12.2 Å². The molecular formula is C15H21FN5O2S2+. The Bertz CT molecular complexity index is 883. The summed E-state index contributed by atoms with van der Waals surface area (Å²) < 4.78 is 44.0. The standard InChI is InChI=1S/C15H20FN5O2S2/c1-2-19-11-17-21(15(19)24)12-18-7-9-20(10-8-18)25(22,23)14-5-3-13(16)4-6-14/h3-6,11H,2,7-10,12H2,1H3/p+1. The predicted octanol–water partition coefficient (Wildman–Crippen LogP) is 0.120. The molecule has 2 aromatic rings. The fraction of sp³-hybridized carbons (Fsp3) is 0.467. The molecule has 1 fully saturated rings. The third-order valence-electron chi connectivity index (χ3n) is 4.39. The molecular weight excluding hydrogens is 365 g/mol. The van der Waals surface area contributed by atoms with Gasteiger partial charge in [-0.05, 0) is 43.4 Å². The molecule has 0 spiro atoms. The molecule has 1 saturated heterocycles. The molecule has 25 heavy (non-hydrogen) atoms. The number of aromatic nitrogens is 3. The van der Waals surface area contributed by atoms with Crippen molar-refractivity contribution in [2.75, 3.05) is 26.2 Å². The molecule has 1 aliphatic rings. The normalized spacial score (nSPS) is 17.0. The number of sulfonamides is 1. The highest BCUT2D eigenvalue weighted by Crippen LogP contribution is 2.16. The maximum Gasteiger partial charge on any atom is 0.243 e.